The van der Waals surface area contributed by atoms with Crippen molar-refractivity contribution in [2.75, 3.05) is 33.7 Å². The highest BCUT2D eigenvalue weighted by Gasteiger charge is 2.43. The summed E-state index contributed by atoms with van der Waals surface area (Å²) in [6, 6.07) is 5.22. The van der Waals surface area contributed by atoms with Gasteiger partial charge in [0.15, 0.2) is 5.96 Å². The van der Waals surface area contributed by atoms with Gasteiger partial charge in [0.2, 0.25) is 5.91 Å². The van der Waals surface area contributed by atoms with Gasteiger partial charge in [-0.1, -0.05) is 18.6 Å². The van der Waals surface area contributed by atoms with Crippen molar-refractivity contribution in [3.05, 3.63) is 35.4 Å². The Labute approximate surface area is 163 Å². The monoisotopic (exact) mass is 396 g/mol. The van der Waals surface area contributed by atoms with Crippen LogP contribution < -0.4 is 5.32 Å². The van der Waals surface area contributed by atoms with Crippen molar-refractivity contribution in [2.45, 2.75) is 38.4 Å². The second-order valence-electron chi connectivity index (χ2n) is 8.00. The molecule has 8 heteroatoms. The summed E-state index contributed by atoms with van der Waals surface area (Å²) >= 11 is 0. The van der Waals surface area contributed by atoms with Crippen LogP contribution in [0.4, 0.5) is 13.2 Å². The molecule has 1 saturated carbocycles. The fourth-order valence-corrected chi connectivity index (χ4v) is 3.79. The van der Waals surface area contributed by atoms with E-state index in [1.807, 2.05) is 0 Å². The molecule has 1 amide bonds. The van der Waals surface area contributed by atoms with Crippen LogP contribution in [0.25, 0.3) is 0 Å². The lowest BCUT2D eigenvalue weighted by atomic mass is 9.68. The number of aliphatic imine (C=N–C) groups is 1. The second-order valence-corrected chi connectivity index (χ2v) is 8.00. The molecule has 1 aromatic carbocycles. The summed E-state index contributed by atoms with van der Waals surface area (Å²) in [4.78, 5) is 20.1. The molecule has 1 aromatic rings. The van der Waals surface area contributed by atoms with E-state index in [4.69, 9.17) is 0 Å². The quantitative estimate of drug-likeness (QED) is 0.629. The lowest BCUT2D eigenvalue weighted by Crippen LogP contribution is -2.45. The number of amides is 1. The molecule has 5 nitrogen and oxygen atoms in total. The minimum atomic E-state index is -4.37. The zero-order chi connectivity index (χ0) is 20.4. The van der Waals surface area contributed by atoms with Crippen molar-refractivity contribution >= 4 is 11.9 Å². The number of nitrogens with zero attached hydrogens (tertiary/aromatic N) is 3. The SMILES string of the molecule is CN(C)C(=O)CNC(=NCc1cccc(C(F)(F)F)c1)N1CCC2(CCC2)C1. The Bertz CT molecular complexity index is 741. The largest absolute Gasteiger partial charge is 0.416 e. The van der Waals surface area contributed by atoms with E-state index in [2.05, 4.69) is 15.2 Å². The molecule has 1 aliphatic heterocycles. The molecule has 1 N–H and O–H groups in total. The first-order chi connectivity index (χ1) is 13.2. The fraction of sp³-hybridized carbons (Fsp3) is 0.600. The first kappa shape index (κ1) is 20.5. The lowest BCUT2D eigenvalue weighted by molar-refractivity contribution is -0.137. The maximum atomic E-state index is 12.9. The standard InChI is InChI=1S/C20H27F3N4O/c1-26(2)17(28)13-25-18(27-10-9-19(14-27)7-4-8-19)24-12-15-5-3-6-16(11-15)20(21,22)23/h3,5-6,11H,4,7-10,12-14H2,1-2H3,(H,24,25). The maximum Gasteiger partial charge on any atom is 0.416 e. The zero-order valence-corrected chi connectivity index (χ0v) is 16.4. The van der Waals surface area contributed by atoms with Gasteiger partial charge in [0.1, 0.15) is 0 Å². The molecule has 3 rings (SSSR count). The Balaban J connectivity index is 1.73. The van der Waals surface area contributed by atoms with Crippen molar-refractivity contribution in [3.8, 4) is 0 Å². The minimum absolute atomic E-state index is 0.0793. The van der Waals surface area contributed by atoms with Crippen LogP contribution in [-0.4, -0.2) is 55.4 Å². The highest BCUT2D eigenvalue weighted by Crippen LogP contribution is 2.47. The van der Waals surface area contributed by atoms with E-state index in [0.29, 0.717) is 16.9 Å². The van der Waals surface area contributed by atoms with E-state index >= 15 is 0 Å². The van der Waals surface area contributed by atoms with Gasteiger partial charge in [0.05, 0.1) is 18.7 Å². The van der Waals surface area contributed by atoms with E-state index in [1.165, 1.54) is 30.2 Å². The predicted octanol–water partition coefficient (Wildman–Crippen LogP) is 3.12. The van der Waals surface area contributed by atoms with Crippen molar-refractivity contribution in [1.82, 2.24) is 15.1 Å². The average molecular weight is 396 g/mol. The minimum Gasteiger partial charge on any atom is -0.347 e. The number of nitrogens with one attached hydrogen (secondary N) is 1. The van der Waals surface area contributed by atoms with Crippen LogP contribution in [0.2, 0.25) is 0 Å². The van der Waals surface area contributed by atoms with Crippen LogP contribution in [-0.2, 0) is 17.5 Å². The molecule has 28 heavy (non-hydrogen) atoms. The Kier molecular flexibility index (Phi) is 5.86. The van der Waals surface area contributed by atoms with Crippen molar-refractivity contribution in [3.63, 3.8) is 0 Å². The average Bonchev–Trinajstić information content (AvgIpc) is 3.07. The first-order valence-corrected chi connectivity index (χ1v) is 9.58. The third-order valence-electron chi connectivity index (χ3n) is 5.71. The summed E-state index contributed by atoms with van der Waals surface area (Å²) in [6.07, 6.45) is 0.391. The summed E-state index contributed by atoms with van der Waals surface area (Å²) < 4.78 is 38.8. The molecule has 0 radical (unpaired) electrons. The van der Waals surface area contributed by atoms with Crippen LogP contribution >= 0.6 is 0 Å². The highest BCUT2D eigenvalue weighted by molar-refractivity contribution is 5.86. The molecule has 2 fully saturated rings. The normalized spacial score (nSPS) is 18.9. The Hall–Kier alpha value is -2.25. The fourth-order valence-electron chi connectivity index (χ4n) is 3.79. The number of hydrogen-bond donors (Lipinski definition) is 1. The lowest BCUT2D eigenvalue weighted by Gasteiger charge is -2.38. The molecule has 1 spiro atoms. The molecule has 0 unspecified atom stereocenters. The van der Waals surface area contributed by atoms with E-state index in [0.717, 1.165) is 31.6 Å². The number of carbonyl (C=O) groups is 1. The van der Waals surface area contributed by atoms with Gasteiger partial charge < -0.3 is 15.1 Å². The van der Waals surface area contributed by atoms with Gasteiger partial charge >= 0.3 is 6.18 Å². The molecule has 1 heterocycles. The zero-order valence-electron chi connectivity index (χ0n) is 16.4. The third kappa shape index (κ3) is 4.77. The molecule has 1 saturated heterocycles. The van der Waals surface area contributed by atoms with E-state index in [9.17, 15) is 18.0 Å². The number of likely N-dealkylation sites (N-methyl/N-ethyl adjacent to an activating group) is 1. The van der Waals surface area contributed by atoms with Crippen molar-refractivity contribution in [2.24, 2.45) is 10.4 Å². The van der Waals surface area contributed by atoms with Gasteiger partial charge in [-0.05, 0) is 42.4 Å². The van der Waals surface area contributed by atoms with E-state index in [-0.39, 0.29) is 19.0 Å². The number of rotatable bonds is 4. The maximum absolute atomic E-state index is 12.9. The Morgan fingerprint density at radius 1 is 1.29 bits per heavy atom. The van der Waals surface area contributed by atoms with Crippen LogP contribution in [0.3, 0.4) is 0 Å². The summed E-state index contributed by atoms with van der Waals surface area (Å²) in [6.45, 7) is 1.98. The first-order valence-electron chi connectivity index (χ1n) is 9.58. The Morgan fingerprint density at radius 2 is 2.04 bits per heavy atom. The van der Waals surface area contributed by atoms with Gasteiger partial charge in [-0.15, -0.1) is 0 Å². The van der Waals surface area contributed by atoms with E-state index in [1.54, 1.807) is 20.2 Å². The van der Waals surface area contributed by atoms with Gasteiger partial charge in [0, 0.05) is 27.2 Å². The molecule has 2 aliphatic rings. The van der Waals surface area contributed by atoms with Gasteiger partial charge in [-0.3, -0.25) is 4.79 Å². The summed E-state index contributed by atoms with van der Waals surface area (Å²) in [5.74, 6) is 0.515. The van der Waals surface area contributed by atoms with Crippen molar-refractivity contribution < 1.29 is 18.0 Å². The Morgan fingerprint density at radius 3 is 2.61 bits per heavy atom. The second kappa shape index (κ2) is 8.01. The van der Waals surface area contributed by atoms with Gasteiger partial charge in [0.25, 0.3) is 0 Å². The number of alkyl halides is 3. The molecule has 0 aromatic heterocycles. The molecule has 1 aliphatic carbocycles. The summed E-state index contributed by atoms with van der Waals surface area (Å²) in [5, 5.41) is 3.11. The van der Waals surface area contributed by atoms with Crippen LogP contribution in [0.5, 0.6) is 0 Å². The third-order valence-corrected chi connectivity index (χ3v) is 5.71. The van der Waals surface area contributed by atoms with Crippen LogP contribution in [0.1, 0.15) is 36.8 Å². The smallest absolute Gasteiger partial charge is 0.347 e. The number of likely N-dealkylation sites (tertiary alicyclic amines) is 1. The summed E-state index contributed by atoms with van der Waals surface area (Å²) in [5.41, 5.74) is 0.169. The number of hydrogen-bond acceptors (Lipinski definition) is 2. The van der Waals surface area contributed by atoms with Crippen LogP contribution in [0, 0.1) is 5.41 Å². The number of carbonyl (C=O) groups excluding carboxylic acids is 1. The number of guanidine groups is 1. The molecule has 154 valence electrons. The topological polar surface area (TPSA) is 47.9 Å². The van der Waals surface area contributed by atoms with Crippen LogP contribution in [0.15, 0.2) is 29.3 Å². The highest BCUT2D eigenvalue weighted by atomic mass is 19.4. The predicted molar refractivity (Wildman–Crippen MR) is 102 cm³/mol. The number of benzene rings is 1. The van der Waals surface area contributed by atoms with Crippen molar-refractivity contribution in [1.29, 1.82) is 0 Å². The summed E-state index contributed by atoms with van der Waals surface area (Å²) in [7, 11) is 3.37. The molecule has 0 bridgehead atoms. The molecule has 0 atom stereocenters. The number of halogens is 3. The molecular formula is C20H27F3N4O. The van der Waals surface area contributed by atoms with Gasteiger partial charge in [-0.2, -0.15) is 13.2 Å². The van der Waals surface area contributed by atoms with E-state index < -0.39 is 11.7 Å². The molecular weight excluding hydrogens is 369 g/mol. The van der Waals surface area contributed by atoms with Gasteiger partial charge in [-0.25, -0.2) is 4.99 Å².